The molecule has 1 aromatic rings. The molecule has 1 aromatic carbocycles. The third kappa shape index (κ3) is 3.61. The van der Waals surface area contributed by atoms with Gasteiger partial charge in [-0.05, 0) is 31.0 Å². The van der Waals surface area contributed by atoms with Gasteiger partial charge in [0.25, 0.3) is 0 Å². The van der Waals surface area contributed by atoms with Crippen molar-refractivity contribution < 1.29 is 14.7 Å². The molecule has 0 heterocycles. The summed E-state index contributed by atoms with van der Waals surface area (Å²) >= 11 is 12.0. The molecule has 1 fully saturated rings. The van der Waals surface area contributed by atoms with Crippen molar-refractivity contribution >= 4 is 40.8 Å². The summed E-state index contributed by atoms with van der Waals surface area (Å²) in [4.78, 5) is 24.3. The predicted octanol–water partition coefficient (Wildman–Crippen LogP) is 3.21. The van der Waals surface area contributed by atoms with Crippen molar-refractivity contribution in [3.63, 3.8) is 0 Å². The van der Waals surface area contributed by atoms with Crippen molar-refractivity contribution in [2.45, 2.75) is 19.3 Å². The minimum atomic E-state index is -0.952. The molecule has 1 aliphatic rings. The normalized spacial score (nSPS) is 14.2. The SMILES string of the molecule is O=C(O)CCN(C(=O)C1CC1)c1cc(Cl)ccc1Cl. The number of anilines is 1. The van der Waals surface area contributed by atoms with Crippen molar-refractivity contribution in [1.29, 1.82) is 0 Å². The fraction of sp³-hybridized carbons (Fsp3) is 0.385. The summed E-state index contributed by atoms with van der Waals surface area (Å²) in [6.45, 7) is 0.102. The van der Waals surface area contributed by atoms with Gasteiger partial charge in [0.05, 0.1) is 17.1 Å². The number of carboxylic acid groups (broad SMARTS) is 1. The minimum Gasteiger partial charge on any atom is -0.481 e. The smallest absolute Gasteiger partial charge is 0.305 e. The molecule has 1 saturated carbocycles. The van der Waals surface area contributed by atoms with Gasteiger partial charge in [0.1, 0.15) is 0 Å². The minimum absolute atomic E-state index is 0.0103. The predicted molar refractivity (Wildman–Crippen MR) is 73.8 cm³/mol. The summed E-state index contributed by atoms with van der Waals surface area (Å²) in [7, 11) is 0. The number of amides is 1. The van der Waals surface area contributed by atoms with E-state index >= 15 is 0 Å². The molecular formula is C13H13Cl2NO3. The molecule has 0 saturated heterocycles. The summed E-state index contributed by atoms with van der Waals surface area (Å²) in [6.07, 6.45) is 1.57. The van der Waals surface area contributed by atoms with Crippen LogP contribution in [-0.4, -0.2) is 23.5 Å². The molecule has 0 aliphatic heterocycles. The van der Waals surface area contributed by atoms with Gasteiger partial charge in [-0.3, -0.25) is 9.59 Å². The second-order valence-corrected chi connectivity index (χ2v) is 5.35. The van der Waals surface area contributed by atoms with Gasteiger partial charge in [-0.25, -0.2) is 0 Å². The largest absolute Gasteiger partial charge is 0.481 e. The molecule has 0 unspecified atom stereocenters. The fourth-order valence-electron chi connectivity index (χ4n) is 1.80. The lowest BCUT2D eigenvalue weighted by Gasteiger charge is -2.23. The highest BCUT2D eigenvalue weighted by molar-refractivity contribution is 6.35. The highest BCUT2D eigenvalue weighted by Crippen LogP contribution is 2.36. The fourth-order valence-corrected chi connectivity index (χ4v) is 2.19. The number of carboxylic acids is 1. The molecule has 0 spiro atoms. The first-order valence-electron chi connectivity index (χ1n) is 5.97. The molecule has 4 nitrogen and oxygen atoms in total. The van der Waals surface area contributed by atoms with Crippen LogP contribution in [0, 0.1) is 5.92 Å². The Bertz CT molecular complexity index is 515. The first kappa shape index (κ1) is 14.2. The number of hydrogen-bond acceptors (Lipinski definition) is 2. The summed E-state index contributed by atoms with van der Waals surface area (Å²) in [5.74, 6) is -1.04. The Morgan fingerprint density at radius 1 is 1.32 bits per heavy atom. The monoisotopic (exact) mass is 301 g/mol. The van der Waals surface area contributed by atoms with Crippen LogP contribution in [0.1, 0.15) is 19.3 Å². The van der Waals surface area contributed by atoms with Crippen LogP contribution in [0.5, 0.6) is 0 Å². The van der Waals surface area contributed by atoms with Gasteiger partial charge in [-0.15, -0.1) is 0 Å². The second kappa shape index (κ2) is 5.80. The van der Waals surface area contributed by atoms with E-state index in [-0.39, 0.29) is 24.8 Å². The summed E-state index contributed by atoms with van der Waals surface area (Å²) in [6, 6.07) is 4.82. The standard InChI is InChI=1S/C13H13Cl2NO3/c14-9-3-4-10(15)11(7-9)16(6-5-12(17)18)13(19)8-1-2-8/h3-4,7-8H,1-2,5-6H2,(H,17,18). The second-order valence-electron chi connectivity index (χ2n) is 4.50. The van der Waals surface area contributed by atoms with E-state index in [1.165, 1.54) is 4.90 Å². The lowest BCUT2D eigenvalue weighted by molar-refractivity contribution is -0.136. The van der Waals surface area contributed by atoms with Gasteiger partial charge in [0, 0.05) is 17.5 Å². The third-order valence-corrected chi connectivity index (χ3v) is 3.50. The molecule has 0 atom stereocenters. The van der Waals surface area contributed by atoms with Crippen LogP contribution in [0.3, 0.4) is 0 Å². The van der Waals surface area contributed by atoms with Crippen LogP contribution < -0.4 is 4.90 Å². The molecule has 2 rings (SSSR count). The molecule has 1 aliphatic carbocycles. The first-order valence-corrected chi connectivity index (χ1v) is 6.73. The molecule has 1 N–H and O–H groups in total. The maximum Gasteiger partial charge on any atom is 0.305 e. The summed E-state index contributed by atoms with van der Waals surface area (Å²) in [5.41, 5.74) is 0.479. The highest BCUT2D eigenvalue weighted by Gasteiger charge is 2.34. The van der Waals surface area contributed by atoms with Gasteiger partial charge in [-0.2, -0.15) is 0 Å². The molecule has 6 heteroatoms. The third-order valence-electron chi connectivity index (χ3n) is 2.94. The number of carbonyl (C=O) groups is 2. The van der Waals surface area contributed by atoms with E-state index in [1.54, 1.807) is 18.2 Å². The van der Waals surface area contributed by atoms with Gasteiger partial charge < -0.3 is 10.0 Å². The van der Waals surface area contributed by atoms with Crippen LogP contribution in [0.4, 0.5) is 5.69 Å². The lowest BCUT2D eigenvalue weighted by atomic mass is 10.2. The molecule has 19 heavy (non-hydrogen) atoms. The Labute approximate surface area is 120 Å². The molecule has 0 aromatic heterocycles. The molecule has 102 valence electrons. The average Bonchev–Trinajstić information content (AvgIpc) is 3.17. The zero-order chi connectivity index (χ0) is 14.0. The van der Waals surface area contributed by atoms with E-state index in [0.717, 1.165) is 12.8 Å². The number of aliphatic carboxylic acids is 1. The van der Waals surface area contributed by atoms with Gasteiger partial charge in [-0.1, -0.05) is 23.2 Å². The number of benzene rings is 1. The number of carbonyl (C=O) groups excluding carboxylic acids is 1. The molecule has 0 radical (unpaired) electrons. The molecule has 0 bridgehead atoms. The maximum atomic E-state index is 12.2. The number of hydrogen-bond donors (Lipinski definition) is 1. The highest BCUT2D eigenvalue weighted by atomic mass is 35.5. The first-order chi connectivity index (χ1) is 8.99. The lowest BCUT2D eigenvalue weighted by Crippen LogP contribution is -2.34. The quantitative estimate of drug-likeness (QED) is 0.908. The van der Waals surface area contributed by atoms with Crippen molar-refractivity contribution in [2.24, 2.45) is 5.92 Å². The Morgan fingerprint density at radius 2 is 2.00 bits per heavy atom. The van der Waals surface area contributed by atoms with Crippen molar-refractivity contribution in [3.8, 4) is 0 Å². The van der Waals surface area contributed by atoms with E-state index in [4.69, 9.17) is 28.3 Å². The van der Waals surface area contributed by atoms with Crippen molar-refractivity contribution in [3.05, 3.63) is 28.2 Å². The van der Waals surface area contributed by atoms with E-state index in [1.807, 2.05) is 0 Å². The number of rotatable bonds is 5. The van der Waals surface area contributed by atoms with Crippen LogP contribution in [0.15, 0.2) is 18.2 Å². The van der Waals surface area contributed by atoms with Gasteiger partial charge >= 0.3 is 5.97 Å². The van der Waals surface area contributed by atoms with Crippen molar-refractivity contribution in [1.82, 2.24) is 0 Å². The van der Waals surface area contributed by atoms with E-state index < -0.39 is 5.97 Å². The van der Waals surface area contributed by atoms with E-state index in [0.29, 0.717) is 15.7 Å². The van der Waals surface area contributed by atoms with E-state index in [9.17, 15) is 9.59 Å². The van der Waals surface area contributed by atoms with Crippen LogP contribution >= 0.6 is 23.2 Å². The topological polar surface area (TPSA) is 57.6 Å². The number of halogens is 2. The summed E-state index contributed by atoms with van der Waals surface area (Å²) < 4.78 is 0. The Balaban J connectivity index is 2.26. The van der Waals surface area contributed by atoms with Crippen LogP contribution in [0.2, 0.25) is 10.0 Å². The zero-order valence-corrected chi connectivity index (χ0v) is 11.6. The zero-order valence-electron chi connectivity index (χ0n) is 10.1. The molecule has 1 amide bonds. The average molecular weight is 302 g/mol. The van der Waals surface area contributed by atoms with Crippen LogP contribution in [0.25, 0.3) is 0 Å². The molecular weight excluding hydrogens is 289 g/mol. The van der Waals surface area contributed by atoms with Gasteiger partial charge in [0.15, 0.2) is 0 Å². The Morgan fingerprint density at radius 3 is 2.58 bits per heavy atom. The summed E-state index contributed by atoms with van der Waals surface area (Å²) in [5, 5.41) is 9.63. The van der Waals surface area contributed by atoms with Gasteiger partial charge in [0.2, 0.25) is 5.91 Å². The van der Waals surface area contributed by atoms with E-state index in [2.05, 4.69) is 0 Å². The maximum absolute atomic E-state index is 12.2. The Kier molecular flexibility index (Phi) is 4.32. The Hall–Kier alpha value is -1.26. The van der Waals surface area contributed by atoms with Crippen molar-refractivity contribution in [2.75, 3.05) is 11.4 Å². The number of nitrogens with zero attached hydrogens (tertiary/aromatic N) is 1. The van der Waals surface area contributed by atoms with Crippen LogP contribution in [-0.2, 0) is 9.59 Å².